The summed E-state index contributed by atoms with van der Waals surface area (Å²) in [4.78, 5) is 33.8. The van der Waals surface area contributed by atoms with Crippen molar-refractivity contribution in [3.05, 3.63) is 62.7 Å². The lowest BCUT2D eigenvalue weighted by atomic mass is 10.3. The van der Waals surface area contributed by atoms with Crippen molar-refractivity contribution in [2.24, 2.45) is 0 Å². The van der Waals surface area contributed by atoms with E-state index in [2.05, 4.69) is 15.3 Å². The summed E-state index contributed by atoms with van der Waals surface area (Å²) in [6.07, 6.45) is 1.62. The van der Waals surface area contributed by atoms with Gasteiger partial charge in [-0.2, -0.15) is 0 Å². The number of aromatic nitrogens is 3. The van der Waals surface area contributed by atoms with E-state index in [4.69, 9.17) is 11.6 Å². The van der Waals surface area contributed by atoms with E-state index in [1.165, 1.54) is 39.0 Å². The Morgan fingerprint density at radius 1 is 1.22 bits per heavy atom. The minimum atomic E-state index is -0.222. The molecule has 0 bridgehead atoms. The smallest absolute Gasteiger partial charge is 0.276 e. The number of thiophene rings is 1. The number of thiazole rings is 1. The molecule has 0 aliphatic carbocycles. The molecule has 0 saturated carbocycles. The molecule has 1 amide bonds. The summed E-state index contributed by atoms with van der Waals surface area (Å²) < 4.78 is 2.01. The summed E-state index contributed by atoms with van der Waals surface area (Å²) in [5.41, 5.74) is 0.942. The van der Waals surface area contributed by atoms with Gasteiger partial charge in [0.25, 0.3) is 5.56 Å². The first-order valence-corrected chi connectivity index (χ1v) is 10.8. The van der Waals surface area contributed by atoms with Crippen molar-refractivity contribution < 1.29 is 4.79 Å². The molecular formula is C17H11ClN4O2S3. The fourth-order valence-electron chi connectivity index (χ4n) is 2.40. The van der Waals surface area contributed by atoms with Crippen molar-refractivity contribution in [1.29, 1.82) is 0 Å². The highest BCUT2D eigenvalue weighted by Gasteiger charge is 2.17. The van der Waals surface area contributed by atoms with Crippen molar-refractivity contribution >= 4 is 67.3 Å². The van der Waals surface area contributed by atoms with Gasteiger partial charge in [0.15, 0.2) is 10.3 Å². The number of hydrogen-bond donors (Lipinski definition) is 1. The number of halogens is 1. The van der Waals surface area contributed by atoms with E-state index in [1.807, 2.05) is 5.38 Å². The average molecular weight is 435 g/mol. The summed E-state index contributed by atoms with van der Waals surface area (Å²) in [6.45, 7) is 0. The molecule has 0 radical (unpaired) electrons. The third-order valence-electron chi connectivity index (χ3n) is 3.55. The number of nitrogens with zero attached hydrogens (tertiary/aromatic N) is 3. The highest BCUT2D eigenvalue weighted by molar-refractivity contribution is 7.99. The first-order chi connectivity index (χ1) is 13.1. The molecule has 1 aromatic carbocycles. The van der Waals surface area contributed by atoms with Crippen LogP contribution in [0.5, 0.6) is 0 Å². The van der Waals surface area contributed by atoms with Crippen LogP contribution in [0, 0.1) is 0 Å². The molecule has 0 atom stereocenters. The number of anilines is 1. The lowest BCUT2D eigenvalue weighted by molar-refractivity contribution is -0.113. The summed E-state index contributed by atoms with van der Waals surface area (Å²) >= 11 is 10.2. The molecule has 0 saturated heterocycles. The predicted octanol–water partition coefficient (Wildman–Crippen LogP) is 4.29. The number of rotatable bonds is 5. The maximum Gasteiger partial charge on any atom is 0.276 e. The Kier molecular flexibility index (Phi) is 5.26. The van der Waals surface area contributed by atoms with Crippen LogP contribution in [0.15, 0.2) is 57.2 Å². The van der Waals surface area contributed by atoms with Gasteiger partial charge in [-0.3, -0.25) is 14.2 Å². The minimum Gasteiger partial charge on any atom is -0.301 e. The minimum absolute atomic E-state index is 0.0894. The van der Waals surface area contributed by atoms with E-state index in [9.17, 15) is 9.59 Å². The van der Waals surface area contributed by atoms with Gasteiger partial charge >= 0.3 is 0 Å². The van der Waals surface area contributed by atoms with Crippen molar-refractivity contribution in [2.45, 2.75) is 5.16 Å². The summed E-state index contributed by atoms with van der Waals surface area (Å²) in [5.74, 6) is -0.133. The van der Waals surface area contributed by atoms with Gasteiger partial charge in [-0.05, 0) is 23.6 Å². The molecule has 4 aromatic rings. The van der Waals surface area contributed by atoms with Gasteiger partial charge in [0.2, 0.25) is 5.91 Å². The highest BCUT2D eigenvalue weighted by atomic mass is 35.5. The highest BCUT2D eigenvalue weighted by Crippen LogP contribution is 2.27. The van der Waals surface area contributed by atoms with Crippen LogP contribution in [-0.2, 0) is 4.79 Å². The molecule has 0 aliphatic rings. The normalized spacial score (nSPS) is 11.0. The van der Waals surface area contributed by atoms with Gasteiger partial charge in [-0.15, -0.1) is 22.7 Å². The number of fused-ring (bicyclic) bond motifs is 1. The Labute approximate surface area is 170 Å². The van der Waals surface area contributed by atoms with E-state index in [1.54, 1.807) is 41.9 Å². The number of hydrogen-bond acceptors (Lipinski definition) is 7. The number of amides is 1. The standard InChI is InChI=1S/C17H11ClN4O2S3/c18-10-3-1-2-4-12(10)22-15(24)14-11(5-7-25-14)20-17(22)27-9-13(23)21-16-19-6-8-26-16/h1-8H,9H2,(H,19,21,23). The van der Waals surface area contributed by atoms with Crippen LogP contribution >= 0.6 is 46.0 Å². The van der Waals surface area contributed by atoms with Gasteiger partial charge in [0.1, 0.15) is 4.70 Å². The summed E-state index contributed by atoms with van der Waals surface area (Å²) in [6, 6.07) is 8.85. The van der Waals surface area contributed by atoms with Gasteiger partial charge in [-0.1, -0.05) is 35.5 Å². The second-order valence-corrected chi connectivity index (χ2v) is 8.46. The monoisotopic (exact) mass is 434 g/mol. The third kappa shape index (κ3) is 3.77. The Balaban J connectivity index is 1.71. The van der Waals surface area contributed by atoms with Crippen LogP contribution in [0.2, 0.25) is 5.02 Å². The second-order valence-electron chi connectivity index (χ2n) is 5.30. The summed E-state index contributed by atoms with van der Waals surface area (Å²) in [5, 5.41) is 7.70. The van der Waals surface area contributed by atoms with Gasteiger partial charge in [0.05, 0.1) is 22.0 Å². The van der Waals surface area contributed by atoms with Gasteiger partial charge in [0, 0.05) is 11.6 Å². The predicted molar refractivity (Wildman–Crippen MR) is 112 cm³/mol. The molecule has 6 nitrogen and oxygen atoms in total. The van der Waals surface area contributed by atoms with Crippen LogP contribution in [0.4, 0.5) is 5.13 Å². The zero-order valence-corrected chi connectivity index (χ0v) is 16.8. The van der Waals surface area contributed by atoms with Crippen LogP contribution in [0.25, 0.3) is 15.9 Å². The number of carbonyl (C=O) groups is 1. The molecule has 3 heterocycles. The van der Waals surface area contributed by atoms with E-state index in [0.717, 1.165) is 0 Å². The molecule has 10 heteroatoms. The second kappa shape index (κ2) is 7.81. The Hall–Kier alpha value is -2.20. The fourth-order valence-corrected chi connectivity index (χ4v) is 4.74. The molecule has 1 N–H and O–H groups in total. The maximum atomic E-state index is 13.0. The largest absolute Gasteiger partial charge is 0.301 e. The van der Waals surface area contributed by atoms with Crippen LogP contribution in [-0.4, -0.2) is 26.2 Å². The molecule has 0 fully saturated rings. The zero-order valence-electron chi connectivity index (χ0n) is 13.6. The number of thioether (sulfide) groups is 1. The first-order valence-electron chi connectivity index (χ1n) is 7.71. The Morgan fingerprint density at radius 3 is 2.85 bits per heavy atom. The average Bonchev–Trinajstić information content (AvgIpc) is 3.33. The summed E-state index contributed by atoms with van der Waals surface area (Å²) in [7, 11) is 0. The van der Waals surface area contributed by atoms with Crippen LogP contribution < -0.4 is 10.9 Å². The van der Waals surface area contributed by atoms with Crippen molar-refractivity contribution in [1.82, 2.24) is 14.5 Å². The topological polar surface area (TPSA) is 76.9 Å². The molecule has 0 aliphatic heterocycles. The molecule has 0 spiro atoms. The number of para-hydroxylation sites is 1. The Morgan fingerprint density at radius 2 is 2.07 bits per heavy atom. The first kappa shape index (κ1) is 18.2. The molecule has 136 valence electrons. The van der Waals surface area contributed by atoms with Crippen molar-refractivity contribution in [3.8, 4) is 5.69 Å². The Bertz CT molecular complexity index is 1170. The lowest BCUT2D eigenvalue weighted by Crippen LogP contribution is -2.22. The van der Waals surface area contributed by atoms with Crippen LogP contribution in [0.3, 0.4) is 0 Å². The van der Waals surface area contributed by atoms with Crippen molar-refractivity contribution in [2.75, 3.05) is 11.1 Å². The van der Waals surface area contributed by atoms with Crippen molar-refractivity contribution in [3.63, 3.8) is 0 Å². The molecule has 27 heavy (non-hydrogen) atoms. The van der Waals surface area contributed by atoms with E-state index in [-0.39, 0.29) is 17.2 Å². The number of nitrogens with one attached hydrogen (secondary N) is 1. The quantitative estimate of drug-likeness (QED) is 0.374. The SMILES string of the molecule is O=C(CSc1nc2ccsc2c(=O)n1-c1ccccc1Cl)Nc1nccs1. The van der Waals surface area contributed by atoms with E-state index >= 15 is 0 Å². The molecular weight excluding hydrogens is 424 g/mol. The molecule has 3 aromatic heterocycles. The lowest BCUT2D eigenvalue weighted by Gasteiger charge is -2.13. The fraction of sp³-hybridized carbons (Fsp3) is 0.0588. The molecule has 4 rings (SSSR count). The van der Waals surface area contributed by atoms with Gasteiger partial charge < -0.3 is 5.32 Å². The number of benzene rings is 1. The maximum absolute atomic E-state index is 13.0. The van der Waals surface area contributed by atoms with Gasteiger partial charge in [-0.25, -0.2) is 9.97 Å². The van der Waals surface area contributed by atoms with E-state index < -0.39 is 0 Å². The van der Waals surface area contributed by atoms with Crippen LogP contribution in [0.1, 0.15) is 0 Å². The molecule has 0 unspecified atom stereocenters. The van der Waals surface area contributed by atoms with E-state index in [0.29, 0.717) is 31.2 Å². The number of carbonyl (C=O) groups excluding carboxylic acids is 1. The zero-order chi connectivity index (χ0) is 18.8. The third-order valence-corrected chi connectivity index (χ3v) is 6.39.